The van der Waals surface area contributed by atoms with Crippen molar-refractivity contribution < 1.29 is 18.3 Å². The molecule has 0 N–H and O–H groups in total. The Kier molecular flexibility index (Phi) is 4.35. The highest BCUT2D eigenvalue weighted by molar-refractivity contribution is 6.32. The fourth-order valence-corrected chi connectivity index (χ4v) is 1.94. The summed E-state index contributed by atoms with van der Waals surface area (Å²) in [7, 11) is 0. The number of halogens is 3. The summed E-state index contributed by atoms with van der Waals surface area (Å²) < 4.78 is 31.6. The summed E-state index contributed by atoms with van der Waals surface area (Å²) in [6, 6.07) is 7.77. The minimum absolute atomic E-state index is 0.322. The van der Waals surface area contributed by atoms with E-state index >= 15 is 0 Å². The zero-order chi connectivity index (χ0) is 14.7. The number of rotatable bonds is 4. The van der Waals surface area contributed by atoms with Crippen LogP contribution in [0, 0.1) is 18.6 Å². The van der Waals surface area contributed by atoms with Crippen molar-refractivity contribution in [3.8, 4) is 5.75 Å². The Morgan fingerprint density at radius 1 is 1.20 bits per heavy atom. The van der Waals surface area contributed by atoms with Crippen LogP contribution in [0.5, 0.6) is 5.75 Å². The zero-order valence-corrected chi connectivity index (χ0v) is 11.4. The minimum Gasteiger partial charge on any atom is -0.484 e. The Morgan fingerprint density at radius 2 is 1.95 bits per heavy atom. The molecule has 0 amide bonds. The van der Waals surface area contributed by atoms with Crippen LogP contribution in [0.4, 0.5) is 8.78 Å². The lowest BCUT2D eigenvalue weighted by atomic mass is 10.1. The summed E-state index contributed by atoms with van der Waals surface area (Å²) in [5, 5.41) is 0.359. The van der Waals surface area contributed by atoms with Crippen molar-refractivity contribution in [2.45, 2.75) is 6.92 Å². The molecule has 104 valence electrons. The van der Waals surface area contributed by atoms with Gasteiger partial charge in [-0.05, 0) is 42.8 Å². The van der Waals surface area contributed by atoms with Crippen molar-refractivity contribution in [3.63, 3.8) is 0 Å². The molecule has 0 heterocycles. The molecule has 0 unspecified atom stereocenters. The normalized spacial score (nSPS) is 10.4. The molecule has 0 saturated carbocycles. The van der Waals surface area contributed by atoms with Gasteiger partial charge in [-0.25, -0.2) is 8.78 Å². The van der Waals surface area contributed by atoms with Gasteiger partial charge in [0.1, 0.15) is 17.4 Å². The molecule has 0 fully saturated rings. The number of benzene rings is 2. The van der Waals surface area contributed by atoms with Crippen molar-refractivity contribution >= 4 is 17.4 Å². The molecule has 0 spiro atoms. The van der Waals surface area contributed by atoms with Crippen molar-refractivity contribution in [3.05, 3.63) is 64.2 Å². The highest BCUT2D eigenvalue weighted by atomic mass is 35.5. The van der Waals surface area contributed by atoms with E-state index < -0.39 is 24.0 Å². The van der Waals surface area contributed by atoms with Crippen molar-refractivity contribution in [2.24, 2.45) is 0 Å². The molecule has 0 bridgehead atoms. The van der Waals surface area contributed by atoms with Crippen molar-refractivity contribution in [2.75, 3.05) is 6.61 Å². The Morgan fingerprint density at radius 3 is 2.65 bits per heavy atom. The molecule has 2 aromatic carbocycles. The monoisotopic (exact) mass is 296 g/mol. The second kappa shape index (κ2) is 6.01. The van der Waals surface area contributed by atoms with Crippen LogP contribution in [-0.2, 0) is 0 Å². The second-order valence-electron chi connectivity index (χ2n) is 4.27. The van der Waals surface area contributed by atoms with Gasteiger partial charge in [0.15, 0.2) is 6.61 Å². The van der Waals surface area contributed by atoms with Gasteiger partial charge in [-0.15, -0.1) is 0 Å². The maximum Gasteiger partial charge on any atom is 0.203 e. The molecule has 0 radical (unpaired) electrons. The lowest BCUT2D eigenvalue weighted by Crippen LogP contribution is -2.13. The van der Waals surface area contributed by atoms with Crippen LogP contribution < -0.4 is 4.74 Å². The van der Waals surface area contributed by atoms with Crippen LogP contribution in [0.25, 0.3) is 0 Å². The molecule has 5 heteroatoms. The number of carbonyl (C=O) groups is 1. The summed E-state index contributed by atoms with van der Waals surface area (Å²) in [6.07, 6.45) is 0. The molecule has 0 atom stereocenters. The lowest BCUT2D eigenvalue weighted by Gasteiger charge is -2.08. The van der Waals surface area contributed by atoms with Gasteiger partial charge in [-0.3, -0.25) is 4.79 Å². The molecule has 0 aliphatic heterocycles. The zero-order valence-electron chi connectivity index (χ0n) is 10.6. The quantitative estimate of drug-likeness (QED) is 0.791. The van der Waals surface area contributed by atoms with Gasteiger partial charge in [0.05, 0.1) is 10.6 Å². The number of carbonyl (C=O) groups excluding carboxylic acids is 1. The Balaban J connectivity index is 2.10. The third kappa shape index (κ3) is 3.33. The highest BCUT2D eigenvalue weighted by Gasteiger charge is 2.14. The van der Waals surface area contributed by atoms with Gasteiger partial charge in [0.2, 0.25) is 5.78 Å². The van der Waals surface area contributed by atoms with Crippen molar-refractivity contribution in [1.82, 2.24) is 0 Å². The molecule has 2 aromatic rings. The third-order valence-corrected chi connectivity index (χ3v) is 2.97. The van der Waals surface area contributed by atoms with Crippen LogP contribution in [0.1, 0.15) is 15.9 Å². The van der Waals surface area contributed by atoms with Gasteiger partial charge < -0.3 is 4.74 Å². The number of hydrogen-bond acceptors (Lipinski definition) is 2. The molecular weight excluding hydrogens is 286 g/mol. The number of ether oxygens (including phenoxy) is 1. The van der Waals surface area contributed by atoms with E-state index in [0.29, 0.717) is 10.8 Å². The third-order valence-electron chi connectivity index (χ3n) is 2.67. The van der Waals surface area contributed by atoms with E-state index in [4.69, 9.17) is 16.3 Å². The van der Waals surface area contributed by atoms with Gasteiger partial charge in [0, 0.05) is 0 Å². The summed E-state index contributed by atoms with van der Waals surface area (Å²) in [5.74, 6) is -1.79. The maximum absolute atomic E-state index is 13.4. The summed E-state index contributed by atoms with van der Waals surface area (Å²) >= 11 is 5.95. The predicted molar refractivity (Wildman–Crippen MR) is 72.4 cm³/mol. The fourth-order valence-electron chi connectivity index (χ4n) is 1.66. The first-order chi connectivity index (χ1) is 9.47. The smallest absolute Gasteiger partial charge is 0.203 e. The SMILES string of the molecule is Cc1ccc(OCC(=O)c2cc(F)ccc2F)c(Cl)c1. The van der Waals surface area contributed by atoms with E-state index in [2.05, 4.69) is 0 Å². The molecular formula is C15H11ClF2O2. The van der Waals surface area contributed by atoms with E-state index in [1.165, 1.54) is 0 Å². The Bertz CT molecular complexity index is 656. The number of Topliss-reactive ketones (excluding diaryl/α,β-unsaturated/α-hetero) is 1. The molecule has 0 aliphatic rings. The van der Waals surface area contributed by atoms with E-state index in [-0.39, 0.29) is 5.56 Å². The molecule has 2 rings (SSSR count). The van der Waals surface area contributed by atoms with Crippen LogP contribution in [0.15, 0.2) is 36.4 Å². The average Bonchev–Trinajstić information content (AvgIpc) is 2.40. The lowest BCUT2D eigenvalue weighted by molar-refractivity contribution is 0.0917. The van der Waals surface area contributed by atoms with Gasteiger partial charge >= 0.3 is 0 Å². The first kappa shape index (κ1) is 14.5. The van der Waals surface area contributed by atoms with Crippen LogP contribution in [0.3, 0.4) is 0 Å². The summed E-state index contributed by atoms with van der Waals surface area (Å²) in [4.78, 5) is 11.8. The second-order valence-corrected chi connectivity index (χ2v) is 4.68. The summed E-state index contributed by atoms with van der Waals surface area (Å²) in [6.45, 7) is 1.45. The largest absolute Gasteiger partial charge is 0.484 e. The highest BCUT2D eigenvalue weighted by Crippen LogP contribution is 2.25. The molecule has 20 heavy (non-hydrogen) atoms. The Hall–Kier alpha value is -1.94. The van der Waals surface area contributed by atoms with E-state index in [9.17, 15) is 13.6 Å². The number of hydrogen-bond donors (Lipinski definition) is 0. The maximum atomic E-state index is 13.4. The van der Waals surface area contributed by atoms with E-state index in [1.54, 1.807) is 18.2 Å². The fraction of sp³-hybridized carbons (Fsp3) is 0.133. The Labute approximate surface area is 119 Å². The van der Waals surface area contributed by atoms with Crippen LogP contribution in [-0.4, -0.2) is 12.4 Å². The van der Waals surface area contributed by atoms with Gasteiger partial charge in [0.25, 0.3) is 0 Å². The molecule has 2 nitrogen and oxygen atoms in total. The first-order valence-corrected chi connectivity index (χ1v) is 6.22. The minimum atomic E-state index is -0.782. The topological polar surface area (TPSA) is 26.3 Å². The molecule has 0 aromatic heterocycles. The predicted octanol–water partition coefficient (Wildman–Crippen LogP) is 4.19. The number of ketones is 1. The average molecular weight is 297 g/mol. The standard InChI is InChI=1S/C15H11ClF2O2/c1-9-2-5-15(12(16)6-9)20-8-14(19)11-7-10(17)3-4-13(11)18/h2-7H,8H2,1H3. The van der Waals surface area contributed by atoms with E-state index in [1.807, 2.05) is 6.92 Å². The first-order valence-electron chi connectivity index (χ1n) is 5.84. The molecule has 0 aliphatic carbocycles. The summed E-state index contributed by atoms with van der Waals surface area (Å²) in [5.41, 5.74) is 0.609. The van der Waals surface area contributed by atoms with Crippen molar-refractivity contribution in [1.29, 1.82) is 0 Å². The van der Waals surface area contributed by atoms with E-state index in [0.717, 1.165) is 23.8 Å². The molecule has 0 saturated heterocycles. The van der Waals surface area contributed by atoms with Crippen LogP contribution in [0.2, 0.25) is 5.02 Å². The van der Waals surface area contributed by atoms with Gasteiger partial charge in [-0.1, -0.05) is 17.7 Å². The van der Waals surface area contributed by atoms with Gasteiger partial charge in [-0.2, -0.15) is 0 Å². The van der Waals surface area contributed by atoms with Crippen LogP contribution >= 0.6 is 11.6 Å². The number of aryl methyl sites for hydroxylation is 1.